The molecule has 0 aliphatic carbocycles. The van der Waals surface area contributed by atoms with Crippen molar-refractivity contribution in [1.82, 2.24) is 0 Å². The van der Waals surface area contributed by atoms with Crippen molar-refractivity contribution in [2.24, 2.45) is 0 Å². The molecule has 1 aliphatic rings. The fraction of sp³-hybridized carbons (Fsp3) is 0.200. The van der Waals surface area contributed by atoms with E-state index in [9.17, 15) is 14.0 Å². The van der Waals surface area contributed by atoms with Crippen LogP contribution in [0.15, 0.2) is 24.3 Å². The minimum absolute atomic E-state index is 0.0443. The number of nitrogens with zero attached hydrogens (tertiary/aromatic N) is 1. The van der Waals surface area contributed by atoms with Gasteiger partial charge in [-0.25, -0.2) is 4.39 Å². The van der Waals surface area contributed by atoms with Gasteiger partial charge < -0.3 is 4.90 Å². The highest BCUT2D eigenvalue weighted by atomic mass is 19.1. The summed E-state index contributed by atoms with van der Waals surface area (Å²) in [4.78, 5) is 23.6. The van der Waals surface area contributed by atoms with Gasteiger partial charge in [0, 0.05) is 5.69 Å². The van der Waals surface area contributed by atoms with Crippen LogP contribution < -0.4 is 4.90 Å². The number of rotatable bonds is 1. The van der Waals surface area contributed by atoms with E-state index in [4.69, 9.17) is 0 Å². The molecule has 0 saturated carbocycles. The quantitative estimate of drug-likeness (QED) is 0.627. The lowest BCUT2D eigenvalue weighted by Crippen LogP contribution is -2.24. The molecule has 1 fully saturated rings. The van der Waals surface area contributed by atoms with Crippen LogP contribution in [0.1, 0.15) is 6.42 Å². The van der Waals surface area contributed by atoms with Gasteiger partial charge in [0.25, 0.3) is 0 Å². The molecule has 1 heterocycles. The van der Waals surface area contributed by atoms with Crippen LogP contribution in [0, 0.1) is 5.82 Å². The number of ketones is 1. The van der Waals surface area contributed by atoms with Crippen molar-refractivity contribution in [3.63, 3.8) is 0 Å². The third-order valence-corrected chi connectivity index (χ3v) is 2.12. The van der Waals surface area contributed by atoms with Gasteiger partial charge in [-0.15, -0.1) is 0 Å². The zero-order valence-corrected chi connectivity index (χ0v) is 7.37. The Kier molecular flexibility index (Phi) is 2.04. The average molecular weight is 193 g/mol. The van der Waals surface area contributed by atoms with E-state index in [1.54, 1.807) is 0 Å². The van der Waals surface area contributed by atoms with Crippen LogP contribution in [-0.4, -0.2) is 18.2 Å². The van der Waals surface area contributed by atoms with Crippen molar-refractivity contribution >= 4 is 17.4 Å². The SMILES string of the molecule is O=C1CC(=O)N(c2ccc(F)cc2)C1. The molecule has 0 radical (unpaired) electrons. The molecule has 1 aromatic rings. The van der Waals surface area contributed by atoms with E-state index in [1.165, 1.54) is 29.2 Å². The first-order valence-electron chi connectivity index (χ1n) is 4.24. The minimum Gasteiger partial charge on any atom is -0.305 e. The van der Waals surface area contributed by atoms with Gasteiger partial charge in [0.1, 0.15) is 5.82 Å². The predicted molar refractivity (Wildman–Crippen MR) is 48.4 cm³/mol. The van der Waals surface area contributed by atoms with Gasteiger partial charge in [-0.1, -0.05) is 0 Å². The van der Waals surface area contributed by atoms with Crippen molar-refractivity contribution in [3.05, 3.63) is 30.1 Å². The molecule has 1 saturated heterocycles. The third kappa shape index (κ3) is 1.51. The van der Waals surface area contributed by atoms with Crippen molar-refractivity contribution < 1.29 is 14.0 Å². The highest BCUT2D eigenvalue weighted by Crippen LogP contribution is 2.19. The Morgan fingerprint density at radius 1 is 1.14 bits per heavy atom. The lowest BCUT2D eigenvalue weighted by Gasteiger charge is -2.13. The number of carbonyl (C=O) groups is 2. The van der Waals surface area contributed by atoms with E-state index in [2.05, 4.69) is 0 Å². The summed E-state index contributed by atoms with van der Waals surface area (Å²) in [5, 5.41) is 0. The third-order valence-electron chi connectivity index (χ3n) is 2.12. The molecule has 3 nitrogen and oxygen atoms in total. The summed E-state index contributed by atoms with van der Waals surface area (Å²) < 4.78 is 12.6. The monoisotopic (exact) mass is 193 g/mol. The Balaban J connectivity index is 2.27. The normalized spacial score (nSPS) is 16.5. The van der Waals surface area contributed by atoms with Crippen molar-refractivity contribution in [2.45, 2.75) is 6.42 Å². The van der Waals surface area contributed by atoms with Crippen molar-refractivity contribution in [2.75, 3.05) is 11.4 Å². The molecule has 1 amide bonds. The Hall–Kier alpha value is -1.71. The summed E-state index contributed by atoms with van der Waals surface area (Å²) in [7, 11) is 0. The molecule has 0 aromatic heterocycles. The summed E-state index contributed by atoms with van der Waals surface area (Å²) >= 11 is 0. The molecular formula is C10H8FNO2. The molecule has 0 unspecified atom stereocenters. The first-order chi connectivity index (χ1) is 6.66. The van der Waals surface area contributed by atoms with Crippen LogP contribution in [0.3, 0.4) is 0 Å². The average Bonchev–Trinajstić information content (AvgIpc) is 2.47. The maximum atomic E-state index is 12.6. The minimum atomic E-state index is -0.355. The van der Waals surface area contributed by atoms with Crippen LogP contribution in [0.5, 0.6) is 0 Å². The van der Waals surface area contributed by atoms with Crippen LogP contribution in [0.4, 0.5) is 10.1 Å². The fourth-order valence-corrected chi connectivity index (χ4v) is 1.44. The lowest BCUT2D eigenvalue weighted by atomic mass is 10.3. The van der Waals surface area contributed by atoms with Crippen LogP contribution in [-0.2, 0) is 9.59 Å². The molecule has 72 valence electrons. The summed E-state index contributed by atoms with van der Waals surface area (Å²) in [5.41, 5.74) is 0.572. The first-order valence-corrected chi connectivity index (χ1v) is 4.24. The molecular weight excluding hydrogens is 185 g/mol. The highest BCUT2D eigenvalue weighted by Gasteiger charge is 2.28. The number of hydrogen-bond donors (Lipinski definition) is 0. The number of anilines is 1. The smallest absolute Gasteiger partial charge is 0.234 e. The molecule has 0 bridgehead atoms. The van der Waals surface area contributed by atoms with Crippen LogP contribution >= 0.6 is 0 Å². The van der Waals surface area contributed by atoms with Crippen molar-refractivity contribution in [1.29, 1.82) is 0 Å². The first kappa shape index (κ1) is 8.87. The summed E-state index contributed by atoms with van der Waals surface area (Å²) in [6.07, 6.45) is -0.0443. The Bertz CT molecular complexity index is 386. The van der Waals surface area contributed by atoms with E-state index < -0.39 is 0 Å². The number of hydrogen-bond acceptors (Lipinski definition) is 2. The maximum absolute atomic E-state index is 12.6. The zero-order valence-electron chi connectivity index (χ0n) is 7.37. The number of amides is 1. The Labute approximate surface area is 80.1 Å². The number of carbonyl (C=O) groups excluding carboxylic acids is 2. The Morgan fingerprint density at radius 2 is 1.79 bits per heavy atom. The topological polar surface area (TPSA) is 37.4 Å². The number of halogens is 1. The molecule has 14 heavy (non-hydrogen) atoms. The van der Waals surface area contributed by atoms with Gasteiger partial charge in [-0.05, 0) is 24.3 Å². The number of Topliss-reactive ketones (excluding diaryl/α,β-unsaturated/α-hetero) is 1. The zero-order chi connectivity index (χ0) is 10.1. The van der Waals surface area contributed by atoms with E-state index >= 15 is 0 Å². The van der Waals surface area contributed by atoms with E-state index in [0.29, 0.717) is 5.69 Å². The van der Waals surface area contributed by atoms with Crippen LogP contribution in [0.25, 0.3) is 0 Å². The summed E-state index contributed by atoms with van der Waals surface area (Å²) in [6, 6.07) is 5.52. The van der Waals surface area contributed by atoms with Gasteiger partial charge in [0.15, 0.2) is 5.78 Å². The molecule has 1 aromatic carbocycles. The second kappa shape index (κ2) is 3.21. The molecule has 2 rings (SSSR count). The van der Waals surface area contributed by atoms with Gasteiger partial charge in [-0.3, -0.25) is 9.59 Å². The molecule has 0 spiro atoms. The van der Waals surface area contributed by atoms with Crippen molar-refractivity contribution in [3.8, 4) is 0 Å². The van der Waals surface area contributed by atoms with Crippen LogP contribution in [0.2, 0.25) is 0 Å². The Morgan fingerprint density at radius 3 is 2.29 bits per heavy atom. The van der Waals surface area contributed by atoms with Gasteiger partial charge >= 0.3 is 0 Å². The largest absolute Gasteiger partial charge is 0.305 e. The lowest BCUT2D eigenvalue weighted by molar-refractivity contribution is -0.121. The molecule has 0 N–H and O–H groups in total. The van der Waals surface area contributed by atoms with Gasteiger partial charge in [0.2, 0.25) is 5.91 Å². The van der Waals surface area contributed by atoms with Gasteiger partial charge in [0.05, 0.1) is 13.0 Å². The highest BCUT2D eigenvalue weighted by molar-refractivity contribution is 6.14. The fourth-order valence-electron chi connectivity index (χ4n) is 1.44. The number of benzene rings is 1. The summed E-state index contributed by atoms with van der Waals surface area (Å²) in [5.74, 6) is -0.673. The maximum Gasteiger partial charge on any atom is 0.234 e. The van der Waals surface area contributed by atoms with E-state index in [0.717, 1.165) is 0 Å². The van der Waals surface area contributed by atoms with E-state index in [-0.39, 0.29) is 30.5 Å². The molecule has 0 atom stereocenters. The predicted octanol–water partition coefficient (Wildman–Crippen LogP) is 1.13. The second-order valence-corrected chi connectivity index (χ2v) is 3.17. The standard InChI is InChI=1S/C10H8FNO2/c11-7-1-3-8(4-2-7)12-6-9(13)5-10(12)14/h1-4H,5-6H2. The molecule has 4 heteroatoms. The van der Waals surface area contributed by atoms with E-state index in [1.807, 2.05) is 0 Å². The molecule has 1 aliphatic heterocycles. The summed E-state index contributed by atoms with van der Waals surface area (Å²) in [6.45, 7) is 0.102. The van der Waals surface area contributed by atoms with Gasteiger partial charge in [-0.2, -0.15) is 0 Å². The second-order valence-electron chi connectivity index (χ2n) is 3.17.